The van der Waals surface area contributed by atoms with Crippen LogP contribution in [0.15, 0.2) is 71.8 Å². The summed E-state index contributed by atoms with van der Waals surface area (Å²) < 4.78 is 5.85. The van der Waals surface area contributed by atoms with Gasteiger partial charge in [-0.1, -0.05) is 35.9 Å². The number of hydrazone groups is 1. The predicted octanol–water partition coefficient (Wildman–Crippen LogP) is 6.04. The van der Waals surface area contributed by atoms with Crippen LogP contribution in [0.2, 0.25) is 5.02 Å². The topological polar surface area (TPSA) is 66.5 Å². The molecule has 3 aromatic carbocycles. The average molecular weight is 458 g/mol. The number of aryl methyl sites for hydroxylation is 2. The van der Waals surface area contributed by atoms with E-state index in [9.17, 15) is 4.79 Å². The molecule has 0 unspecified atom stereocenters. The zero-order valence-electron chi connectivity index (χ0n) is 18.1. The molecule has 0 fully saturated rings. The van der Waals surface area contributed by atoms with Gasteiger partial charge in [-0.25, -0.2) is 5.43 Å². The zero-order chi connectivity index (χ0) is 22.6. The Bertz CT molecular complexity index is 1330. The molecule has 2 N–H and O–H groups in total. The summed E-state index contributed by atoms with van der Waals surface area (Å²) in [6, 6.07) is 20.9. The fourth-order valence-corrected chi connectivity index (χ4v) is 4.34. The lowest BCUT2D eigenvalue weighted by molar-refractivity contribution is 0.0955. The van der Waals surface area contributed by atoms with Crippen LogP contribution >= 0.6 is 11.6 Å². The second-order valence-corrected chi connectivity index (χ2v) is 8.67. The Kier molecular flexibility index (Phi) is 6.13. The van der Waals surface area contributed by atoms with E-state index in [4.69, 9.17) is 16.3 Å². The third-order valence-electron chi connectivity index (χ3n) is 5.92. The normalized spacial score (nSPS) is 13.2. The highest BCUT2D eigenvalue weighted by molar-refractivity contribution is 6.30. The van der Waals surface area contributed by atoms with Gasteiger partial charge in [0.25, 0.3) is 5.91 Å². The molecule has 5 rings (SSSR count). The van der Waals surface area contributed by atoms with Crippen molar-refractivity contribution in [2.45, 2.75) is 32.3 Å². The van der Waals surface area contributed by atoms with Gasteiger partial charge in [-0.3, -0.25) is 4.79 Å². The molecule has 6 heteroatoms. The number of hydrogen-bond acceptors (Lipinski definition) is 3. The molecule has 0 aliphatic heterocycles. The maximum absolute atomic E-state index is 12.6. The van der Waals surface area contributed by atoms with Crippen molar-refractivity contribution in [1.29, 1.82) is 0 Å². The number of nitrogens with one attached hydrogen (secondary N) is 2. The number of hydrogen-bond donors (Lipinski definition) is 2. The van der Waals surface area contributed by atoms with E-state index in [1.54, 1.807) is 6.21 Å². The molecule has 0 spiro atoms. The molecule has 1 aliphatic carbocycles. The molecule has 1 aliphatic rings. The Balaban J connectivity index is 1.22. The molecule has 0 bridgehead atoms. The van der Waals surface area contributed by atoms with Crippen molar-refractivity contribution in [3.8, 4) is 5.75 Å². The average Bonchev–Trinajstić information content (AvgIpc) is 3.22. The van der Waals surface area contributed by atoms with E-state index in [-0.39, 0.29) is 5.91 Å². The number of halogens is 1. The number of amides is 1. The van der Waals surface area contributed by atoms with Crippen LogP contribution in [-0.2, 0) is 19.4 Å². The first-order chi connectivity index (χ1) is 16.2. The molecule has 0 saturated carbocycles. The minimum atomic E-state index is -0.228. The largest absolute Gasteiger partial charge is 0.489 e. The molecule has 1 heterocycles. The number of benzene rings is 3. The minimum Gasteiger partial charge on any atom is -0.489 e. The van der Waals surface area contributed by atoms with Gasteiger partial charge in [-0.15, -0.1) is 0 Å². The van der Waals surface area contributed by atoms with Gasteiger partial charge in [-0.05, 0) is 84.8 Å². The fourth-order valence-electron chi connectivity index (χ4n) is 4.21. The summed E-state index contributed by atoms with van der Waals surface area (Å²) in [7, 11) is 0. The van der Waals surface area contributed by atoms with Crippen LogP contribution < -0.4 is 10.2 Å². The summed E-state index contributed by atoms with van der Waals surface area (Å²) in [4.78, 5) is 16.1. The SMILES string of the molecule is O=C(N/N=C\c1cccc(OCc2ccc(Cl)cc2)c1)c1ccc2[nH]c3c(c2c1)CCCC3. The van der Waals surface area contributed by atoms with Gasteiger partial charge in [0.05, 0.1) is 6.21 Å². The van der Waals surface area contributed by atoms with E-state index in [1.165, 1.54) is 24.1 Å². The van der Waals surface area contributed by atoms with E-state index < -0.39 is 0 Å². The highest BCUT2D eigenvalue weighted by atomic mass is 35.5. The van der Waals surface area contributed by atoms with Crippen LogP contribution in [-0.4, -0.2) is 17.1 Å². The van der Waals surface area contributed by atoms with Crippen molar-refractivity contribution in [2.75, 3.05) is 0 Å². The molecule has 0 radical (unpaired) electrons. The number of carbonyl (C=O) groups is 1. The van der Waals surface area contributed by atoms with Crippen LogP contribution in [0.5, 0.6) is 5.75 Å². The lowest BCUT2D eigenvalue weighted by atomic mass is 9.95. The van der Waals surface area contributed by atoms with Gasteiger partial charge in [0.1, 0.15) is 12.4 Å². The van der Waals surface area contributed by atoms with E-state index in [1.807, 2.05) is 66.7 Å². The van der Waals surface area contributed by atoms with Crippen molar-refractivity contribution in [2.24, 2.45) is 5.10 Å². The Morgan fingerprint density at radius 1 is 1.06 bits per heavy atom. The van der Waals surface area contributed by atoms with E-state index in [0.717, 1.165) is 40.6 Å². The molecular formula is C27H24ClN3O2. The lowest BCUT2D eigenvalue weighted by Crippen LogP contribution is -2.17. The third kappa shape index (κ3) is 4.94. The van der Waals surface area contributed by atoms with Gasteiger partial charge in [0.15, 0.2) is 0 Å². The molecule has 5 nitrogen and oxygen atoms in total. The van der Waals surface area contributed by atoms with Crippen molar-refractivity contribution >= 4 is 34.6 Å². The van der Waals surface area contributed by atoms with Crippen LogP contribution in [0.1, 0.15) is 45.6 Å². The standard InChI is InChI=1S/C27H24ClN3O2/c28-21-11-8-18(9-12-21)17-33-22-5-3-4-19(14-22)16-29-31-27(32)20-10-13-26-24(15-20)23-6-1-2-7-25(23)30-26/h3-5,8-16,30H,1-2,6-7,17H2,(H,31,32)/b29-16-. The Morgan fingerprint density at radius 3 is 2.79 bits per heavy atom. The maximum Gasteiger partial charge on any atom is 0.271 e. The Hall–Kier alpha value is -3.57. The van der Waals surface area contributed by atoms with Gasteiger partial charge in [-0.2, -0.15) is 5.10 Å². The monoisotopic (exact) mass is 457 g/mol. The Labute approximate surface area is 197 Å². The van der Waals surface area contributed by atoms with Crippen molar-refractivity contribution in [3.63, 3.8) is 0 Å². The van der Waals surface area contributed by atoms with Crippen molar-refractivity contribution in [3.05, 3.63) is 99.7 Å². The fraction of sp³-hybridized carbons (Fsp3) is 0.185. The summed E-state index contributed by atoms with van der Waals surface area (Å²) in [6.45, 7) is 0.444. The van der Waals surface area contributed by atoms with Crippen LogP contribution in [0.25, 0.3) is 10.9 Å². The van der Waals surface area contributed by atoms with Crippen molar-refractivity contribution in [1.82, 2.24) is 10.4 Å². The second-order valence-electron chi connectivity index (χ2n) is 8.24. The van der Waals surface area contributed by atoms with Crippen molar-refractivity contribution < 1.29 is 9.53 Å². The summed E-state index contributed by atoms with van der Waals surface area (Å²) >= 11 is 5.92. The second kappa shape index (κ2) is 9.51. The van der Waals surface area contributed by atoms with Gasteiger partial charge < -0.3 is 9.72 Å². The first-order valence-corrected chi connectivity index (χ1v) is 11.5. The number of H-pyrrole nitrogens is 1. The van der Waals surface area contributed by atoms with Gasteiger partial charge in [0, 0.05) is 27.2 Å². The number of aromatic nitrogens is 1. The summed E-state index contributed by atoms with van der Waals surface area (Å²) in [5, 5.41) is 5.99. The molecule has 166 valence electrons. The Morgan fingerprint density at radius 2 is 1.91 bits per heavy atom. The molecular weight excluding hydrogens is 434 g/mol. The summed E-state index contributed by atoms with van der Waals surface area (Å²) in [6.07, 6.45) is 6.18. The zero-order valence-corrected chi connectivity index (χ0v) is 18.9. The molecule has 33 heavy (non-hydrogen) atoms. The number of ether oxygens (including phenoxy) is 1. The number of fused-ring (bicyclic) bond motifs is 3. The smallest absolute Gasteiger partial charge is 0.271 e. The van der Waals surface area contributed by atoms with E-state index in [0.29, 0.717) is 17.2 Å². The number of aromatic amines is 1. The number of rotatable bonds is 6. The first-order valence-electron chi connectivity index (χ1n) is 11.1. The van der Waals surface area contributed by atoms with Crippen LogP contribution in [0, 0.1) is 0 Å². The molecule has 0 saturated heterocycles. The third-order valence-corrected chi connectivity index (χ3v) is 6.17. The highest BCUT2D eigenvalue weighted by Gasteiger charge is 2.16. The summed E-state index contributed by atoms with van der Waals surface area (Å²) in [5.74, 6) is 0.497. The number of nitrogens with zero attached hydrogens (tertiary/aromatic N) is 1. The van der Waals surface area contributed by atoms with E-state index in [2.05, 4.69) is 15.5 Å². The summed E-state index contributed by atoms with van der Waals surface area (Å²) in [5.41, 5.74) is 8.86. The van der Waals surface area contributed by atoms with Gasteiger partial charge >= 0.3 is 0 Å². The van der Waals surface area contributed by atoms with Crippen LogP contribution in [0.4, 0.5) is 0 Å². The maximum atomic E-state index is 12.6. The molecule has 0 atom stereocenters. The lowest BCUT2D eigenvalue weighted by Gasteiger charge is -2.10. The quantitative estimate of drug-likeness (QED) is 0.273. The molecule has 4 aromatic rings. The van der Waals surface area contributed by atoms with Gasteiger partial charge in [0.2, 0.25) is 0 Å². The molecule has 1 amide bonds. The highest BCUT2D eigenvalue weighted by Crippen LogP contribution is 2.29. The van der Waals surface area contributed by atoms with E-state index >= 15 is 0 Å². The first kappa shape index (κ1) is 21.3. The number of carbonyl (C=O) groups excluding carboxylic acids is 1. The predicted molar refractivity (Wildman–Crippen MR) is 132 cm³/mol. The minimum absolute atomic E-state index is 0.228. The van der Waals surface area contributed by atoms with Crippen LogP contribution in [0.3, 0.4) is 0 Å². The molecule has 1 aromatic heterocycles.